The Hall–Kier alpha value is -1.03. The Morgan fingerprint density at radius 3 is 2.73 bits per heavy atom. The van der Waals surface area contributed by atoms with Gasteiger partial charge in [0.05, 0.1) is 0 Å². The number of likely N-dealkylation sites (N-methyl/N-ethyl adjacent to an activating group) is 1. The van der Waals surface area contributed by atoms with Gasteiger partial charge in [-0.2, -0.15) is 8.78 Å². The zero-order valence-electron chi connectivity index (χ0n) is 9.22. The van der Waals surface area contributed by atoms with E-state index in [1.165, 1.54) is 12.3 Å². The summed E-state index contributed by atoms with van der Waals surface area (Å²) < 4.78 is 26.0. The van der Waals surface area contributed by atoms with E-state index in [-0.39, 0.29) is 11.7 Å². The molecule has 84 valence electrons. The number of hydrogen-bond acceptors (Lipinski definition) is 2. The third-order valence-electron chi connectivity index (χ3n) is 2.31. The van der Waals surface area contributed by atoms with Crippen LogP contribution in [0.3, 0.4) is 0 Å². The number of rotatable bonds is 4. The van der Waals surface area contributed by atoms with E-state index in [2.05, 4.69) is 10.3 Å². The Balaban J connectivity index is 2.84. The van der Waals surface area contributed by atoms with Crippen LogP contribution in [-0.4, -0.2) is 18.1 Å². The summed E-state index contributed by atoms with van der Waals surface area (Å²) in [6.45, 7) is 2.87. The van der Waals surface area contributed by atoms with Gasteiger partial charge in [-0.25, -0.2) is 0 Å². The number of alkyl halides is 2. The molecule has 1 unspecified atom stereocenters. The van der Waals surface area contributed by atoms with Crippen LogP contribution in [0.1, 0.15) is 25.1 Å². The van der Waals surface area contributed by atoms with E-state index >= 15 is 0 Å². The number of hydrogen-bond donors (Lipinski definition) is 1. The zero-order chi connectivity index (χ0) is 11.5. The van der Waals surface area contributed by atoms with E-state index in [4.69, 9.17) is 0 Å². The van der Waals surface area contributed by atoms with Crippen molar-refractivity contribution >= 4 is 0 Å². The lowest BCUT2D eigenvalue weighted by Gasteiger charge is -2.13. The van der Waals surface area contributed by atoms with Crippen molar-refractivity contribution in [2.24, 2.45) is 0 Å². The number of halogens is 2. The molecule has 1 rings (SSSR count). The van der Waals surface area contributed by atoms with Crippen LogP contribution in [0.4, 0.5) is 8.78 Å². The Morgan fingerprint density at radius 2 is 2.20 bits per heavy atom. The maximum Gasteiger partial charge on any atom is 0.286 e. The molecule has 1 aromatic rings. The highest BCUT2D eigenvalue weighted by Gasteiger charge is 2.26. The standard InChI is InChI=1S/C11H16F2N2/c1-8(14-3)6-9-4-5-15-10(7-9)11(2,12)13/h4-5,7-8,14H,6H2,1-3H3. The van der Waals surface area contributed by atoms with Gasteiger partial charge in [-0.1, -0.05) is 0 Å². The summed E-state index contributed by atoms with van der Waals surface area (Å²) in [7, 11) is 1.85. The largest absolute Gasteiger partial charge is 0.317 e. The summed E-state index contributed by atoms with van der Waals surface area (Å²) in [4.78, 5) is 3.67. The molecule has 0 saturated carbocycles. The van der Waals surface area contributed by atoms with Gasteiger partial charge in [0.25, 0.3) is 5.92 Å². The van der Waals surface area contributed by atoms with Gasteiger partial charge < -0.3 is 5.32 Å². The van der Waals surface area contributed by atoms with Gasteiger partial charge in [0.2, 0.25) is 0 Å². The maximum atomic E-state index is 13.0. The SMILES string of the molecule is CNC(C)Cc1ccnc(C(C)(F)F)c1. The molecular formula is C11H16F2N2. The number of nitrogens with one attached hydrogen (secondary N) is 1. The Labute approximate surface area is 88.7 Å². The minimum atomic E-state index is -2.86. The van der Waals surface area contributed by atoms with Crippen LogP contribution >= 0.6 is 0 Å². The van der Waals surface area contributed by atoms with Crippen molar-refractivity contribution in [2.45, 2.75) is 32.2 Å². The predicted molar refractivity (Wildman–Crippen MR) is 56.0 cm³/mol. The van der Waals surface area contributed by atoms with Crippen molar-refractivity contribution < 1.29 is 8.78 Å². The van der Waals surface area contributed by atoms with Crippen molar-refractivity contribution in [3.8, 4) is 0 Å². The van der Waals surface area contributed by atoms with Gasteiger partial charge in [0, 0.05) is 19.2 Å². The molecule has 0 aromatic carbocycles. The number of nitrogens with zero attached hydrogens (tertiary/aromatic N) is 1. The molecule has 1 aromatic heterocycles. The van der Waals surface area contributed by atoms with Gasteiger partial charge >= 0.3 is 0 Å². The highest BCUT2D eigenvalue weighted by molar-refractivity contribution is 5.20. The first-order valence-corrected chi connectivity index (χ1v) is 4.94. The second-order valence-corrected chi connectivity index (χ2v) is 3.83. The van der Waals surface area contributed by atoms with Crippen molar-refractivity contribution in [2.75, 3.05) is 7.05 Å². The van der Waals surface area contributed by atoms with Crippen LogP contribution in [0.5, 0.6) is 0 Å². The molecule has 0 spiro atoms. The summed E-state index contributed by atoms with van der Waals surface area (Å²) >= 11 is 0. The highest BCUT2D eigenvalue weighted by atomic mass is 19.3. The molecule has 1 N–H and O–H groups in total. The lowest BCUT2D eigenvalue weighted by Crippen LogP contribution is -2.23. The highest BCUT2D eigenvalue weighted by Crippen LogP contribution is 2.25. The van der Waals surface area contributed by atoms with Crippen molar-refractivity contribution in [1.82, 2.24) is 10.3 Å². The molecule has 0 radical (unpaired) electrons. The van der Waals surface area contributed by atoms with Crippen LogP contribution in [-0.2, 0) is 12.3 Å². The average molecular weight is 214 g/mol. The lowest BCUT2D eigenvalue weighted by atomic mass is 10.1. The van der Waals surface area contributed by atoms with Crippen molar-refractivity contribution in [1.29, 1.82) is 0 Å². The topological polar surface area (TPSA) is 24.9 Å². The maximum absolute atomic E-state index is 13.0. The molecule has 0 fully saturated rings. The first kappa shape index (κ1) is 12.0. The molecule has 0 amide bonds. The summed E-state index contributed by atoms with van der Waals surface area (Å²) in [5, 5.41) is 3.06. The van der Waals surface area contributed by atoms with Gasteiger partial charge in [-0.3, -0.25) is 4.98 Å². The van der Waals surface area contributed by atoms with Crippen LogP contribution in [0.25, 0.3) is 0 Å². The molecule has 0 bridgehead atoms. The second kappa shape index (κ2) is 4.66. The fourth-order valence-corrected chi connectivity index (χ4v) is 1.30. The van der Waals surface area contributed by atoms with Crippen LogP contribution in [0, 0.1) is 0 Å². The molecule has 0 saturated heterocycles. The third kappa shape index (κ3) is 3.55. The minimum Gasteiger partial charge on any atom is -0.317 e. The Morgan fingerprint density at radius 1 is 1.53 bits per heavy atom. The van der Waals surface area contributed by atoms with E-state index in [1.54, 1.807) is 6.07 Å². The van der Waals surface area contributed by atoms with Gasteiger partial charge in [-0.05, 0) is 38.1 Å². The zero-order valence-corrected chi connectivity index (χ0v) is 9.22. The van der Waals surface area contributed by atoms with Crippen LogP contribution < -0.4 is 5.32 Å². The summed E-state index contributed by atoms with van der Waals surface area (Å²) in [6, 6.07) is 3.50. The molecule has 0 aliphatic heterocycles. The first-order chi connectivity index (χ1) is 6.93. The summed E-state index contributed by atoms with van der Waals surface area (Å²) in [5.41, 5.74) is 0.715. The summed E-state index contributed by atoms with van der Waals surface area (Å²) in [5.74, 6) is -2.86. The molecule has 0 aliphatic carbocycles. The van der Waals surface area contributed by atoms with E-state index < -0.39 is 5.92 Å². The van der Waals surface area contributed by atoms with Crippen LogP contribution in [0.2, 0.25) is 0 Å². The molecular weight excluding hydrogens is 198 g/mol. The number of pyridine rings is 1. The van der Waals surface area contributed by atoms with Gasteiger partial charge in [0.15, 0.2) is 0 Å². The molecule has 15 heavy (non-hydrogen) atoms. The van der Waals surface area contributed by atoms with E-state index in [0.29, 0.717) is 0 Å². The smallest absolute Gasteiger partial charge is 0.286 e. The fourth-order valence-electron chi connectivity index (χ4n) is 1.30. The lowest BCUT2D eigenvalue weighted by molar-refractivity contribution is 0.0127. The molecule has 0 aliphatic rings. The number of aromatic nitrogens is 1. The third-order valence-corrected chi connectivity index (χ3v) is 2.31. The quantitative estimate of drug-likeness (QED) is 0.832. The predicted octanol–water partition coefficient (Wildman–Crippen LogP) is 2.34. The molecule has 1 atom stereocenters. The van der Waals surface area contributed by atoms with Crippen LogP contribution in [0.15, 0.2) is 18.3 Å². The average Bonchev–Trinajstić information content (AvgIpc) is 2.17. The van der Waals surface area contributed by atoms with E-state index in [9.17, 15) is 8.78 Å². The Bertz CT molecular complexity index is 321. The fraction of sp³-hybridized carbons (Fsp3) is 0.545. The van der Waals surface area contributed by atoms with E-state index in [1.807, 2.05) is 14.0 Å². The van der Waals surface area contributed by atoms with E-state index in [0.717, 1.165) is 18.9 Å². The molecule has 2 nitrogen and oxygen atoms in total. The summed E-state index contributed by atoms with van der Waals surface area (Å²) in [6.07, 6.45) is 2.16. The monoisotopic (exact) mass is 214 g/mol. The minimum absolute atomic E-state index is 0.164. The Kier molecular flexibility index (Phi) is 3.74. The first-order valence-electron chi connectivity index (χ1n) is 4.94. The van der Waals surface area contributed by atoms with Crippen molar-refractivity contribution in [3.63, 3.8) is 0 Å². The van der Waals surface area contributed by atoms with Gasteiger partial charge in [0.1, 0.15) is 5.69 Å². The second-order valence-electron chi connectivity index (χ2n) is 3.83. The van der Waals surface area contributed by atoms with Gasteiger partial charge in [-0.15, -0.1) is 0 Å². The van der Waals surface area contributed by atoms with Crippen molar-refractivity contribution in [3.05, 3.63) is 29.6 Å². The normalized spacial score (nSPS) is 13.9. The molecule has 1 heterocycles. The molecule has 4 heteroatoms.